The predicted octanol–water partition coefficient (Wildman–Crippen LogP) is 2.02. The Labute approximate surface area is 103 Å². The van der Waals surface area contributed by atoms with Crippen molar-refractivity contribution in [3.8, 4) is 6.07 Å². The molecule has 0 aliphatic rings. The Balaban J connectivity index is 2.92. The number of aromatic nitrogens is 1. The first-order chi connectivity index (χ1) is 8.08. The molecule has 0 bridgehead atoms. The first-order valence-corrected chi connectivity index (χ1v) is 6.18. The lowest BCUT2D eigenvalue weighted by Crippen LogP contribution is -2.14. The molecule has 1 aromatic rings. The summed E-state index contributed by atoms with van der Waals surface area (Å²) in [5.41, 5.74) is 0.0116. The van der Waals surface area contributed by atoms with Crippen molar-refractivity contribution in [2.45, 2.75) is 12.2 Å². The molecular weight excluding hydrogens is 240 g/mol. The topological polar surface area (TPSA) is 91.8 Å². The van der Waals surface area contributed by atoms with E-state index in [1.807, 2.05) is 19.2 Å². The van der Waals surface area contributed by atoms with E-state index in [-0.39, 0.29) is 17.1 Å². The predicted molar refractivity (Wildman–Crippen MR) is 67.1 cm³/mol. The highest BCUT2D eigenvalue weighted by Crippen LogP contribution is 2.22. The summed E-state index contributed by atoms with van der Waals surface area (Å²) >= 11 is 1.65. The third-order valence-electron chi connectivity index (χ3n) is 2.15. The molecule has 1 atom stereocenters. The van der Waals surface area contributed by atoms with Crippen LogP contribution in [0.25, 0.3) is 0 Å². The molecule has 1 N–H and O–H groups in total. The Hall–Kier alpha value is -1.81. The van der Waals surface area contributed by atoms with Crippen LogP contribution in [0.2, 0.25) is 0 Å². The molecule has 7 heteroatoms. The molecule has 1 rings (SSSR count). The summed E-state index contributed by atoms with van der Waals surface area (Å²) in [4.78, 5) is 14.2. The molecule has 90 valence electrons. The van der Waals surface area contributed by atoms with E-state index in [2.05, 4.69) is 10.3 Å². The number of nitrogens with zero attached hydrogens (tertiary/aromatic N) is 3. The molecule has 0 aromatic carbocycles. The van der Waals surface area contributed by atoms with E-state index in [4.69, 9.17) is 5.26 Å². The summed E-state index contributed by atoms with van der Waals surface area (Å²) in [5, 5.41) is 22.7. The lowest BCUT2D eigenvalue weighted by molar-refractivity contribution is -0.384. The van der Waals surface area contributed by atoms with Crippen LogP contribution in [0, 0.1) is 21.4 Å². The van der Waals surface area contributed by atoms with Crippen molar-refractivity contribution >= 4 is 23.3 Å². The Morgan fingerprint density at radius 3 is 3.00 bits per heavy atom. The van der Waals surface area contributed by atoms with E-state index in [1.165, 1.54) is 12.3 Å². The second kappa shape index (κ2) is 6.06. The molecule has 1 heterocycles. The fraction of sp³-hybridized carbons (Fsp3) is 0.400. The highest BCUT2D eigenvalue weighted by atomic mass is 32.2. The minimum atomic E-state index is -0.542. The summed E-state index contributed by atoms with van der Waals surface area (Å²) < 4.78 is 0. The summed E-state index contributed by atoms with van der Waals surface area (Å²) in [5.74, 6) is 0.204. The van der Waals surface area contributed by atoms with Gasteiger partial charge in [0.25, 0.3) is 0 Å². The standard InChI is InChI=1S/C10H12N4O2S/c1-7(17-2)5-12-10-9(14(15)16)3-8(4-11)6-13-10/h3,6-7H,5H2,1-2H3,(H,12,13). The van der Waals surface area contributed by atoms with Gasteiger partial charge in [-0.1, -0.05) is 6.92 Å². The molecule has 0 saturated carbocycles. The van der Waals surface area contributed by atoms with Crippen LogP contribution in [0.5, 0.6) is 0 Å². The Kier molecular flexibility index (Phi) is 4.72. The van der Waals surface area contributed by atoms with Crippen molar-refractivity contribution in [1.82, 2.24) is 4.98 Å². The van der Waals surface area contributed by atoms with Crippen molar-refractivity contribution in [3.05, 3.63) is 27.9 Å². The zero-order valence-electron chi connectivity index (χ0n) is 9.51. The second-order valence-electron chi connectivity index (χ2n) is 3.39. The Bertz CT molecular complexity index is 458. The summed E-state index contributed by atoms with van der Waals surface area (Å²) in [6.07, 6.45) is 3.28. The highest BCUT2D eigenvalue weighted by molar-refractivity contribution is 7.99. The van der Waals surface area contributed by atoms with E-state index in [0.29, 0.717) is 11.8 Å². The highest BCUT2D eigenvalue weighted by Gasteiger charge is 2.16. The smallest absolute Gasteiger partial charge is 0.312 e. The van der Waals surface area contributed by atoms with Crippen LogP contribution in [0.15, 0.2) is 12.3 Å². The summed E-state index contributed by atoms with van der Waals surface area (Å²) in [6.45, 7) is 2.59. The number of pyridine rings is 1. The van der Waals surface area contributed by atoms with Crippen molar-refractivity contribution in [2.75, 3.05) is 18.1 Å². The fourth-order valence-electron chi connectivity index (χ4n) is 1.11. The lowest BCUT2D eigenvalue weighted by atomic mass is 10.2. The molecule has 1 unspecified atom stereocenters. The SMILES string of the molecule is CSC(C)CNc1ncc(C#N)cc1[N+](=O)[O-]. The number of rotatable bonds is 5. The quantitative estimate of drug-likeness (QED) is 0.636. The molecule has 6 nitrogen and oxygen atoms in total. The minimum absolute atomic E-state index is 0.169. The Morgan fingerprint density at radius 1 is 1.76 bits per heavy atom. The van der Waals surface area contributed by atoms with Gasteiger partial charge in [0.1, 0.15) is 6.07 Å². The summed E-state index contributed by atoms with van der Waals surface area (Å²) in [6, 6.07) is 3.05. The molecule has 0 radical (unpaired) electrons. The Morgan fingerprint density at radius 2 is 2.47 bits per heavy atom. The molecule has 0 spiro atoms. The van der Waals surface area contributed by atoms with Gasteiger partial charge in [-0.05, 0) is 6.26 Å². The van der Waals surface area contributed by atoms with Gasteiger partial charge in [-0.15, -0.1) is 0 Å². The fourth-order valence-corrected chi connectivity index (χ4v) is 1.36. The maximum Gasteiger partial charge on any atom is 0.312 e. The zero-order chi connectivity index (χ0) is 12.8. The summed E-state index contributed by atoms with van der Waals surface area (Å²) in [7, 11) is 0. The van der Waals surface area contributed by atoms with Crippen molar-refractivity contribution in [1.29, 1.82) is 5.26 Å². The molecule has 0 fully saturated rings. The number of hydrogen-bond acceptors (Lipinski definition) is 6. The number of nitro groups is 1. The first-order valence-electron chi connectivity index (χ1n) is 4.89. The van der Waals surface area contributed by atoms with E-state index in [0.717, 1.165) is 0 Å². The second-order valence-corrected chi connectivity index (χ2v) is 4.66. The van der Waals surface area contributed by atoms with Gasteiger partial charge in [0.2, 0.25) is 5.82 Å². The van der Waals surface area contributed by atoms with E-state index < -0.39 is 4.92 Å². The maximum absolute atomic E-state index is 10.8. The van der Waals surface area contributed by atoms with Crippen LogP contribution in [0.3, 0.4) is 0 Å². The van der Waals surface area contributed by atoms with E-state index in [1.54, 1.807) is 11.8 Å². The third kappa shape index (κ3) is 3.60. The van der Waals surface area contributed by atoms with Crippen LogP contribution < -0.4 is 5.32 Å². The number of anilines is 1. The van der Waals surface area contributed by atoms with Crippen molar-refractivity contribution in [3.63, 3.8) is 0 Å². The molecular formula is C10H12N4O2S. The van der Waals surface area contributed by atoms with Gasteiger partial charge in [-0.2, -0.15) is 17.0 Å². The normalized spacial score (nSPS) is 11.6. The minimum Gasteiger partial charge on any atom is -0.363 e. The van der Waals surface area contributed by atoms with Crippen LogP contribution in [-0.4, -0.2) is 28.0 Å². The third-order valence-corrected chi connectivity index (χ3v) is 3.12. The van der Waals surface area contributed by atoms with Gasteiger partial charge < -0.3 is 5.32 Å². The maximum atomic E-state index is 10.8. The average Bonchev–Trinajstić information content (AvgIpc) is 2.35. The zero-order valence-corrected chi connectivity index (χ0v) is 10.3. The lowest BCUT2D eigenvalue weighted by Gasteiger charge is -2.10. The van der Waals surface area contributed by atoms with Gasteiger partial charge >= 0.3 is 5.69 Å². The van der Waals surface area contributed by atoms with Gasteiger partial charge in [0, 0.05) is 24.1 Å². The van der Waals surface area contributed by atoms with Gasteiger partial charge in [0.15, 0.2) is 0 Å². The largest absolute Gasteiger partial charge is 0.363 e. The molecule has 1 aromatic heterocycles. The number of nitriles is 1. The number of hydrogen-bond donors (Lipinski definition) is 1. The monoisotopic (exact) mass is 252 g/mol. The van der Waals surface area contributed by atoms with Crippen LogP contribution >= 0.6 is 11.8 Å². The van der Waals surface area contributed by atoms with Crippen LogP contribution in [-0.2, 0) is 0 Å². The van der Waals surface area contributed by atoms with Gasteiger partial charge in [0.05, 0.1) is 10.5 Å². The molecule has 0 aliphatic carbocycles. The molecule has 0 aliphatic heterocycles. The van der Waals surface area contributed by atoms with Crippen molar-refractivity contribution < 1.29 is 4.92 Å². The van der Waals surface area contributed by atoms with Crippen molar-refractivity contribution in [2.24, 2.45) is 0 Å². The van der Waals surface area contributed by atoms with E-state index in [9.17, 15) is 10.1 Å². The average molecular weight is 252 g/mol. The number of nitrogens with one attached hydrogen (secondary N) is 1. The number of thioether (sulfide) groups is 1. The first kappa shape index (κ1) is 13.3. The van der Waals surface area contributed by atoms with Crippen LogP contribution in [0.1, 0.15) is 12.5 Å². The van der Waals surface area contributed by atoms with Gasteiger partial charge in [-0.3, -0.25) is 10.1 Å². The van der Waals surface area contributed by atoms with Gasteiger partial charge in [-0.25, -0.2) is 4.98 Å². The van der Waals surface area contributed by atoms with Crippen LogP contribution in [0.4, 0.5) is 11.5 Å². The molecule has 17 heavy (non-hydrogen) atoms. The van der Waals surface area contributed by atoms with E-state index >= 15 is 0 Å². The molecule has 0 amide bonds. The molecule has 0 saturated heterocycles.